The number of rotatable bonds is 3. The second-order valence-corrected chi connectivity index (χ2v) is 5.59. The van der Waals surface area contributed by atoms with Crippen LogP contribution in [-0.2, 0) is 9.47 Å². The molecular weight excluding hydrogens is 316 g/mol. The summed E-state index contributed by atoms with van der Waals surface area (Å²) in [4.78, 5) is 26.1. The summed E-state index contributed by atoms with van der Waals surface area (Å²) in [5, 5.41) is 2.51. The van der Waals surface area contributed by atoms with Gasteiger partial charge < -0.3 is 14.5 Å². The molecule has 1 heterocycles. The normalized spacial score (nSPS) is 11.0. The summed E-state index contributed by atoms with van der Waals surface area (Å²) < 4.78 is 10.5. The lowest BCUT2D eigenvalue weighted by Crippen LogP contribution is -2.27. The molecule has 1 rings (SSSR count). The minimum absolute atomic E-state index is 0.166. The number of nitrogens with one attached hydrogen (secondary N) is 2. The molecule has 2 N–H and O–H groups in total. The molecule has 1 amide bonds. The van der Waals surface area contributed by atoms with Gasteiger partial charge in [-0.15, -0.1) is 0 Å². The fourth-order valence-electron chi connectivity index (χ4n) is 1.29. The van der Waals surface area contributed by atoms with E-state index in [4.69, 9.17) is 9.47 Å². The third-order valence-corrected chi connectivity index (χ3v) is 2.56. The Labute approximate surface area is 120 Å². The van der Waals surface area contributed by atoms with E-state index < -0.39 is 17.7 Å². The Morgan fingerprint density at radius 2 is 2.05 bits per heavy atom. The lowest BCUT2D eigenvalue weighted by molar-refractivity contribution is 0.0521. The quantitative estimate of drug-likeness (QED) is 0.832. The van der Waals surface area contributed by atoms with E-state index in [0.29, 0.717) is 10.2 Å². The maximum Gasteiger partial charge on any atom is 0.412 e. The summed E-state index contributed by atoms with van der Waals surface area (Å²) in [5.41, 5.74) is -0.149. The summed E-state index contributed by atoms with van der Waals surface area (Å²) in [6.07, 6.45) is 0.900. The van der Waals surface area contributed by atoms with Crippen molar-refractivity contribution in [1.29, 1.82) is 0 Å². The Morgan fingerprint density at radius 1 is 1.42 bits per heavy atom. The van der Waals surface area contributed by atoms with Gasteiger partial charge in [-0.25, -0.2) is 9.59 Å². The highest BCUT2D eigenvalue weighted by Gasteiger charge is 2.22. The van der Waals surface area contributed by atoms with E-state index in [2.05, 4.69) is 26.2 Å². The van der Waals surface area contributed by atoms with E-state index in [1.54, 1.807) is 33.9 Å². The Hall–Kier alpha value is -1.50. The third-order valence-electron chi connectivity index (χ3n) is 1.94. The average Bonchev–Trinajstić information content (AvgIpc) is 2.58. The van der Waals surface area contributed by atoms with Crippen molar-refractivity contribution in [3.8, 4) is 0 Å². The van der Waals surface area contributed by atoms with Crippen LogP contribution in [0.4, 0.5) is 10.5 Å². The topological polar surface area (TPSA) is 80.4 Å². The molecule has 0 saturated carbocycles. The fraction of sp³-hybridized carbons (Fsp3) is 0.500. The highest BCUT2D eigenvalue weighted by atomic mass is 79.9. The first kappa shape index (κ1) is 15.6. The van der Waals surface area contributed by atoms with Gasteiger partial charge in [0.25, 0.3) is 0 Å². The van der Waals surface area contributed by atoms with Crippen molar-refractivity contribution in [2.45, 2.75) is 33.3 Å². The molecule has 106 valence electrons. The number of carbonyl (C=O) groups is 2. The van der Waals surface area contributed by atoms with Gasteiger partial charge in [0.1, 0.15) is 11.3 Å². The molecule has 0 radical (unpaired) electrons. The van der Waals surface area contributed by atoms with E-state index in [0.717, 1.165) is 0 Å². The number of aromatic amines is 1. The average molecular weight is 333 g/mol. The maximum atomic E-state index is 11.7. The van der Waals surface area contributed by atoms with Gasteiger partial charge in [-0.3, -0.25) is 5.32 Å². The predicted octanol–water partition coefficient (Wildman–Crippen LogP) is 3.30. The molecule has 0 fully saturated rings. The monoisotopic (exact) mass is 332 g/mol. The van der Waals surface area contributed by atoms with E-state index in [1.165, 1.54) is 0 Å². The van der Waals surface area contributed by atoms with Crippen molar-refractivity contribution in [3.63, 3.8) is 0 Å². The van der Waals surface area contributed by atoms with Gasteiger partial charge in [0.15, 0.2) is 0 Å². The fourth-order valence-corrected chi connectivity index (χ4v) is 1.70. The molecule has 6 nitrogen and oxygen atoms in total. The van der Waals surface area contributed by atoms with Crippen LogP contribution in [0.25, 0.3) is 0 Å². The summed E-state index contributed by atoms with van der Waals surface area (Å²) >= 11 is 3.24. The van der Waals surface area contributed by atoms with Crippen molar-refractivity contribution < 1.29 is 19.1 Å². The van der Waals surface area contributed by atoms with Crippen LogP contribution in [0.2, 0.25) is 0 Å². The molecule has 0 unspecified atom stereocenters. The van der Waals surface area contributed by atoms with Crippen molar-refractivity contribution in [3.05, 3.63) is 16.4 Å². The number of H-pyrrole nitrogens is 1. The zero-order valence-corrected chi connectivity index (χ0v) is 12.9. The largest absolute Gasteiger partial charge is 0.461 e. The number of anilines is 1. The molecule has 0 aliphatic heterocycles. The number of aromatic nitrogens is 1. The second-order valence-electron chi connectivity index (χ2n) is 4.73. The minimum Gasteiger partial charge on any atom is -0.461 e. The Bertz CT molecular complexity index is 477. The number of ether oxygens (including phenoxy) is 2. The van der Waals surface area contributed by atoms with Crippen LogP contribution in [0.3, 0.4) is 0 Å². The van der Waals surface area contributed by atoms with Crippen LogP contribution in [-0.4, -0.2) is 29.3 Å². The summed E-state index contributed by atoms with van der Waals surface area (Å²) in [6, 6.07) is 0. The van der Waals surface area contributed by atoms with Gasteiger partial charge in [0.05, 0.1) is 16.8 Å². The highest BCUT2D eigenvalue weighted by Crippen LogP contribution is 2.27. The SMILES string of the molecule is CCOC(=O)c1[nH]cc(Br)c1NC(=O)OC(C)(C)C. The Kier molecular flexibility index (Phi) is 4.99. The summed E-state index contributed by atoms with van der Waals surface area (Å²) in [6.45, 7) is 7.22. The molecule has 0 aliphatic carbocycles. The van der Waals surface area contributed by atoms with Gasteiger partial charge in [-0.2, -0.15) is 0 Å². The number of amides is 1. The van der Waals surface area contributed by atoms with Crippen LogP contribution in [0.1, 0.15) is 38.2 Å². The van der Waals surface area contributed by atoms with Crippen LogP contribution in [0, 0.1) is 0 Å². The smallest absolute Gasteiger partial charge is 0.412 e. The molecule has 0 bridgehead atoms. The van der Waals surface area contributed by atoms with Crippen molar-refractivity contribution in [2.24, 2.45) is 0 Å². The van der Waals surface area contributed by atoms with Crippen LogP contribution in [0.5, 0.6) is 0 Å². The van der Waals surface area contributed by atoms with Gasteiger partial charge in [0.2, 0.25) is 0 Å². The number of hydrogen-bond acceptors (Lipinski definition) is 4. The molecule has 7 heteroatoms. The van der Waals surface area contributed by atoms with Gasteiger partial charge in [0, 0.05) is 6.20 Å². The Balaban J connectivity index is 2.86. The first-order valence-electron chi connectivity index (χ1n) is 5.78. The molecule has 19 heavy (non-hydrogen) atoms. The van der Waals surface area contributed by atoms with Crippen molar-refractivity contribution in [1.82, 2.24) is 4.98 Å². The van der Waals surface area contributed by atoms with Crippen LogP contribution in [0.15, 0.2) is 10.7 Å². The molecule has 0 atom stereocenters. The predicted molar refractivity (Wildman–Crippen MR) is 74.3 cm³/mol. The van der Waals surface area contributed by atoms with Crippen molar-refractivity contribution >= 4 is 33.7 Å². The zero-order valence-electron chi connectivity index (χ0n) is 11.3. The van der Waals surface area contributed by atoms with Crippen molar-refractivity contribution in [2.75, 3.05) is 11.9 Å². The van der Waals surface area contributed by atoms with Crippen LogP contribution >= 0.6 is 15.9 Å². The van der Waals surface area contributed by atoms with E-state index in [9.17, 15) is 9.59 Å². The lowest BCUT2D eigenvalue weighted by atomic mass is 10.2. The third kappa shape index (κ3) is 4.59. The molecule has 0 aliphatic rings. The number of hydrogen-bond donors (Lipinski definition) is 2. The van der Waals surface area contributed by atoms with E-state index in [1.807, 2.05) is 0 Å². The molecule has 1 aromatic rings. The standard InChI is InChI=1S/C12H17BrN2O4/c1-5-18-10(16)9-8(7(13)6-14-9)15-11(17)19-12(2,3)4/h6,14H,5H2,1-4H3,(H,15,17). The van der Waals surface area contributed by atoms with Gasteiger partial charge >= 0.3 is 12.1 Å². The zero-order chi connectivity index (χ0) is 14.6. The number of halogens is 1. The maximum absolute atomic E-state index is 11.7. The van der Waals surface area contributed by atoms with Crippen LogP contribution < -0.4 is 5.32 Å². The molecule has 0 saturated heterocycles. The summed E-state index contributed by atoms with van der Waals surface area (Å²) in [5.74, 6) is -0.542. The van der Waals surface area contributed by atoms with Gasteiger partial charge in [-0.05, 0) is 43.6 Å². The first-order chi connectivity index (χ1) is 8.74. The second kappa shape index (κ2) is 6.10. The first-order valence-corrected chi connectivity index (χ1v) is 6.58. The number of esters is 1. The molecular formula is C12H17BrN2O4. The summed E-state index contributed by atoms with van der Waals surface area (Å²) in [7, 11) is 0. The lowest BCUT2D eigenvalue weighted by Gasteiger charge is -2.19. The molecule has 1 aromatic heterocycles. The number of carbonyl (C=O) groups excluding carboxylic acids is 2. The molecule has 0 spiro atoms. The Morgan fingerprint density at radius 3 is 2.58 bits per heavy atom. The van der Waals surface area contributed by atoms with Gasteiger partial charge in [-0.1, -0.05) is 0 Å². The molecule has 0 aromatic carbocycles. The minimum atomic E-state index is -0.640. The van der Waals surface area contributed by atoms with E-state index >= 15 is 0 Å². The highest BCUT2D eigenvalue weighted by molar-refractivity contribution is 9.10. The van der Waals surface area contributed by atoms with E-state index in [-0.39, 0.29) is 12.3 Å².